The molecule has 0 spiro atoms. The molecule has 2 aromatic rings. The van der Waals surface area contributed by atoms with Crippen LogP contribution < -0.4 is 10.5 Å². The summed E-state index contributed by atoms with van der Waals surface area (Å²) >= 11 is 6.14. The molecule has 0 fully saturated rings. The fourth-order valence-electron chi connectivity index (χ4n) is 3.42. The predicted octanol–water partition coefficient (Wildman–Crippen LogP) is 4.02. The number of benzene rings is 2. The van der Waals surface area contributed by atoms with E-state index in [1.807, 2.05) is 42.5 Å². The summed E-state index contributed by atoms with van der Waals surface area (Å²) in [5.41, 5.74) is 8.97. The molecule has 0 bridgehead atoms. The summed E-state index contributed by atoms with van der Waals surface area (Å²) in [7, 11) is 0. The lowest BCUT2D eigenvalue weighted by Crippen LogP contribution is -2.45. The molecule has 5 heteroatoms. The Morgan fingerprint density at radius 3 is 2.68 bits per heavy atom. The summed E-state index contributed by atoms with van der Waals surface area (Å²) in [5.74, 6) is 0.987. The Balaban J connectivity index is 0.00000225. The van der Waals surface area contributed by atoms with Crippen LogP contribution in [0.4, 0.5) is 0 Å². The lowest BCUT2D eigenvalue weighted by atomic mass is 9.87. The van der Waals surface area contributed by atoms with Gasteiger partial charge in [0.1, 0.15) is 18.5 Å². The summed E-state index contributed by atoms with van der Waals surface area (Å²) in [6.07, 6.45) is 3.32. The zero-order valence-corrected chi connectivity index (χ0v) is 15.7. The van der Waals surface area contributed by atoms with Gasteiger partial charge in [-0.3, -0.25) is 0 Å². The first-order valence-electron chi connectivity index (χ1n) is 8.52. The molecule has 0 saturated carbocycles. The third-order valence-corrected chi connectivity index (χ3v) is 5.06. The number of rotatable bonds is 5. The zero-order chi connectivity index (χ0) is 16.9. The van der Waals surface area contributed by atoms with Crippen LogP contribution in [0.25, 0.3) is 0 Å². The van der Waals surface area contributed by atoms with Crippen molar-refractivity contribution in [3.63, 3.8) is 0 Å². The van der Waals surface area contributed by atoms with Gasteiger partial charge >= 0.3 is 0 Å². The highest BCUT2D eigenvalue weighted by Crippen LogP contribution is 2.29. The van der Waals surface area contributed by atoms with Gasteiger partial charge in [-0.1, -0.05) is 35.9 Å². The molecule has 3 N–H and O–H groups in total. The average Bonchev–Trinajstić information content (AvgIpc) is 2.81. The van der Waals surface area contributed by atoms with E-state index < -0.39 is 6.10 Å². The van der Waals surface area contributed by atoms with Crippen molar-refractivity contribution in [2.45, 2.75) is 37.8 Å². The quantitative estimate of drug-likeness (QED) is 0.768. The molecule has 0 amide bonds. The smallest absolute Gasteiger partial charge is 0.119 e. The number of hydrogen-bond acceptors (Lipinski definition) is 3. The van der Waals surface area contributed by atoms with E-state index in [-0.39, 0.29) is 31.0 Å². The second kappa shape index (κ2) is 9.44. The predicted molar refractivity (Wildman–Crippen MR) is 105 cm³/mol. The minimum absolute atomic E-state index is 0. The van der Waals surface area contributed by atoms with Gasteiger partial charge in [0.15, 0.2) is 0 Å². The lowest BCUT2D eigenvalue weighted by molar-refractivity contribution is 0.0645. The number of aliphatic hydroxyl groups excluding tert-OH is 1. The molecule has 25 heavy (non-hydrogen) atoms. The molecule has 0 radical (unpaired) electrons. The van der Waals surface area contributed by atoms with E-state index in [1.54, 1.807) is 0 Å². The molecule has 0 heterocycles. The van der Waals surface area contributed by atoms with Crippen molar-refractivity contribution in [2.24, 2.45) is 11.7 Å². The van der Waals surface area contributed by atoms with Gasteiger partial charge in [-0.25, -0.2) is 0 Å². The average molecular weight is 382 g/mol. The highest BCUT2D eigenvalue weighted by atomic mass is 35.5. The van der Waals surface area contributed by atoms with E-state index in [1.165, 1.54) is 11.1 Å². The number of nitrogens with two attached hydrogens (primary N) is 1. The van der Waals surface area contributed by atoms with E-state index in [4.69, 9.17) is 22.1 Å². The minimum Gasteiger partial charge on any atom is -0.491 e. The number of fused-ring (bicyclic) bond motifs is 1. The summed E-state index contributed by atoms with van der Waals surface area (Å²) in [4.78, 5) is 0. The zero-order valence-electron chi connectivity index (χ0n) is 14.1. The van der Waals surface area contributed by atoms with Gasteiger partial charge in [0, 0.05) is 11.1 Å². The monoisotopic (exact) mass is 381 g/mol. The van der Waals surface area contributed by atoms with Crippen LogP contribution in [0.3, 0.4) is 0 Å². The number of para-hydroxylation sites is 1. The van der Waals surface area contributed by atoms with E-state index >= 15 is 0 Å². The second-order valence-electron chi connectivity index (χ2n) is 6.54. The summed E-state index contributed by atoms with van der Waals surface area (Å²) in [6.45, 7) is 0.212. The van der Waals surface area contributed by atoms with Crippen molar-refractivity contribution in [2.75, 3.05) is 6.61 Å². The van der Waals surface area contributed by atoms with Crippen LogP contribution in [-0.2, 0) is 12.8 Å². The molecule has 2 unspecified atom stereocenters. The number of halogens is 2. The topological polar surface area (TPSA) is 55.5 Å². The highest BCUT2D eigenvalue weighted by molar-refractivity contribution is 6.30. The Labute approximate surface area is 160 Å². The molecule has 1 aliphatic rings. The molecule has 3 rings (SSSR count). The number of ether oxygens (including phenoxy) is 1. The Hall–Kier alpha value is -1.26. The SMILES string of the molecule is Cl.NC(C1CCCc2ccc(Cl)cc2C1)[C@H](O)COc1ccccc1. The molecule has 136 valence electrons. The van der Waals surface area contributed by atoms with Crippen LogP contribution in [-0.4, -0.2) is 23.9 Å². The molecular weight excluding hydrogens is 357 g/mol. The van der Waals surface area contributed by atoms with Gasteiger partial charge < -0.3 is 15.6 Å². The summed E-state index contributed by atoms with van der Waals surface area (Å²) in [5, 5.41) is 11.2. The van der Waals surface area contributed by atoms with Crippen molar-refractivity contribution in [3.05, 3.63) is 64.7 Å². The van der Waals surface area contributed by atoms with E-state index in [0.29, 0.717) is 0 Å². The van der Waals surface area contributed by atoms with Crippen molar-refractivity contribution in [3.8, 4) is 5.75 Å². The standard InChI is InChI=1S/C20H24ClNO2.ClH/c21-17-10-9-14-5-4-6-15(11-16(14)12-17)20(22)19(23)13-24-18-7-2-1-3-8-18;/h1-3,7-10,12,15,19-20,23H,4-6,11,13,22H2;1H/t15?,19-,20?;/m1./s1. The van der Waals surface area contributed by atoms with Crippen molar-refractivity contribution >= 4 is 24.0 Å². The largest absolute Gasteiger partial charge is 0.491 e. The summed E-state index contributed by atoms with van der Waals surface area (Å²) in [6, 6.07) is 15.3. The fraction of sp³-hybridized carbons (Fsp3) is 0.400. The van der Waals surface area contributed by atoms with Gasteiger partial charge in [-0.2, -0.15) is 0 Å². The van der Waals surface area contributed by atoms with Gasteiger partial charge in [0.05, 0.1) is 0 Å². The van der Waals surface area contributed by atoms with Crippen LogP contribution in [0, 0.1) is 5.92 Å². The maximum absolute atomic E-state index is 10.4. The van der Waals surface area contributed by atoms with Crippen LogP contribution in [0.2, 0.25) is 5.02 Å². The van der Waals surface area contributed by atoms with Crippen LogP contribution in [0.5, 0.6) is 5.75 Å². The van der Waals surface area contributed by atoms with E-state index in [9.17, 15) is 5.11 Å². The van der Waals surface area contributed by atoms with Gasteiger partial charge in [-0.15, -0.1) is 12.4 Å². The maximum atomic E-state index is 10.4. The lowest BCUT2D eigenvalue weighted by Gasteiger charge is -2.27. The Morgan fingerprint density at radius 2 is 1.92 bits per heavy atom. The minimum atomic E-state index is -0.684. The number of aliphatic hydroxyl groups is 1. The second-order valence-corrected chi connectivity index (χ2v) is 6.97. The first kappa shape index (κ1) is 20.1. The van der Waals surface area contributed by atoms with Crippen LogP contribution in [0.15, 0.2) is 48.5 Å². The molecule has 1 aliphatic carbocycles. The molecule has 0 aromatic heterocycles. The Morgan fingerprint density at radius 1 is 1.16 bits per heavy atom. The Bertz CT molecular complexity index is 666. The molecular formula is C20H25Cl2NO2. The van der Waals surface area contributed by atoms with Crippen LogP contribution in [0.1, 0.15) is 24.0 Å². The molecule has 3 atom stereocenters. The van der Waals surface area contributed by atoms with E-state index in [2.05, 4.69) is 6.07 Å². The molecule has 2 aromatic carbocycles. The summed E-state index contributed by atoms with van der Waals surface area (Å²) < 4.78 is 5.65. The van der Waals surface area contributed by atoms with Crippen molar-refractivity contribution in [1.82, 2.24) is 0 Å². The van der Waals surface area contributed by atoms with Crippen molar-refractivity contribution < 1.29 is 9.84 Å². The third kappa shape index (κ3) is 5.35. The first-order chi connectivity index (χ1) is 11.6. The van der Waals surface area contributed by atoms with Gasteiger partial charge in [0.25, 0.3) is 0 Å². The Kier molecular flexibility index (Phi) is 7.57. The molecule has 0 aliphatic heterocycles. The number of hydrogen-bond donors (Lipinski definition) is 2. The van der Waals surface area contributed by atoms with E-state index in [0.717, 1.165) is 36.5 Å². The normalized spacial score (nSPS) is 19.1. The molecule has 0 saturated heterocycles. The molecule has 3 nitrogen and oxygen atoms in total. The van der Waals surface area contributed by atoms with Crippen LogP contribution >= 0.6 is 24.0 Å². The van der Waals surface area contributed by atoms with Gasteiger partial charge in [-0.05, 0) is 67.0 Å². The number of aryl methyl sites for hydroxylation is 1. The maximum Gasteiger partial charge on any atom is 0.119 e. The first-order valence-corrected chi connectivity index (χ1v) is 8.90. The van der Waals surface area contributed by atoms with Gasteiger partial charge in [0.2, 0.25) is 0 Å². The third-order valence-electron chi connectivity index (χ3n) is 4.82. The highest BCUT2D eigenvalue weighted by Gasteiger charge is 2.28. The fourth-order valence-corrected chi connectivity index (χ4v) is 3.61. The van der Waals surface area contributed by atoms with Crippen molar-refractivity contribution in [1.29, 1.82) is 0 Å².